The molecule has 0 saturated heterocycles. The zero-order valence-electron chi connectivity index (χ0n) is 10.8. The summed E-state index contributed by atoms with van der Waals surface area (Å²) in [7, 11) is 0. The van der Waals surface area contributed by atoms with Crippen LogP contribution in [-0.4, -0.2) is 12.5 Å². The van der Waals surface area contributed by atoms with E-state index in [4.69, 9.17) is 16.3 Å². The van der Waals surface area contributed by atoms with Gasteiger partial charge in [0.25, 0.3) is 5.91 Å². The number of nitrogens with one attached hydrogen (secondary N) is 1. The van der Waals surface area contributed by atoms with E-state index in [1.165, 1.54) is 0 Å². The van der Waals surface area contributed by atoms with Gasteiger partial charge in [0.1, 0.15) is 5.75 Å². The van der Waals surface area contributed by atoms with Gasteiger partial charge >= 0.3 is 0 Å². The van der Waals surface area contributed by atoms with E-state index in [-0.39, 0.29) is 5.91 Å². The number of rotatable bonds is 4. The van der Waals surface area contributed by atoms with Crippen molar-refractivity contribution in [2.24, 2.45) is 0 Å². The Kier molecular flexibility index (Phi) is 5.04. The number of para-hydroxylation sites is 2. The second-order valence-electron chi connectivity index (χ2n) is 4.01. The highest BCUT2D eigenvalue weighted by Crippen LogP contribution is 2.26. The number of amides is 1. The van der Waals surface area contributed by atoms with Gasteiger partial charge in [-0.3, -0.25) is 4.79 Å². The number of ether oxygens (including phenoxy) is 1. The molecule has 0 fully saturated rings. The second kappa shape index (κ2) is 6.77. The summed E-state index contributed by atoms with van der Waals surface area (Å²) in [5.41, 5.74) is 1.13. The summed E-state index contributed by atoms with van der Waals surface area (Å²) < 4.78 is 6.22. The number of carbonyl (C=O) groups is 1. The molecule has 0 atom stereocenters. The second-order valence-corrected chi connectivity index (χ2v) is 5.27. The lowest BCUT2D eigenvalue weighted by Crippen LogP contribution is -2.12. The zero-order chi connectivity index (χ0) is 14.5. The lowest BCUT2D eigenvalue weighted by molar-refractivity contribution is 0.102. The van der Waals surface area contributed by atoms with Gasteiger partial charge in [0.2, 0.25) is 0 Å². The van der Waals surface area contributed by atoms with Crippen LogP contribution in [0.2, 0.25) is 5.02 Å². The molecule has 0 spiro atoms. The molecule has 0 aliphatic rings. The Balaban J connectivity index is 2.21. The van der Waals surface area contributed by atoms with Gasteiger partial charge in [0.15, 0.2) is 0 Å². The van der Waals surface area contributed by atoms with Gasteiger partial charge in [-0.05, 0) is 53.2 Å². The van der Waals surface area contributed by atoms with Crippen LogP contribution in [0.25, 0.3) is 0 Å². The van der Waals surface area contributed by atoms with Crippen molar-refractivity contribution in [3.63, 3.8) is 0 Å². The van der Waals surface area contributed by atoms with Crippen molar-refractivity contribution in [2.75, 3.05) is 11.9 Å². The molecule has 2 rings (SSSR count). The van der Waals surface area contributed by atoms with Crippen molar-refractivity contribution in [3.8, 4) is 5.75 Å². The minimum absolute atomic E-state index is 0.230. The predicted octanol–water partition coefficient (Wildman–Crippen LogP) is 4.75. The monoisotopic (exact) mass is 353 g/mol. The van der Waals surface area contributed by atoms with Crippen LogP contribution < -0.4 is 10.1 Å². The van der Waals surface area contributed by atoms with Crippen LogP contribution in [0.15, 0.2) is 46.9 Å². The zero-order valence-corrected chi connectivity index (χ0v) is 13.2. The molecule has 0 aliphatic heterocycles. The molecule has 20 heavy (non-hydrogen) atoms. The summed E-state index contributed by atoms with van der Waals surface area (Å²) >= 11 is 9.28. The van der Waals surface area contributed by atoms with Crippen molar-refractivity contribution in [3.05, 3.63) is 57.5 Å². The Labute approximate surface area is 131 Å². The maximum Gasteiger partial charge on any atom is 0.255 e. The van der Waals surface area contributed by atoms with Crippen LogP contribution in [-0.2, 0) is 0 Å². The SMILES string of the molecule is CCOc1ccccc1NC(=O)c1ccc(Br)c(Cl)c1. The Morgan fingerprint density at radius 3 is 2.75 bits per heavy atom. The van der Waals surface area contributed by atoms with E-state index in [0.29, 0.717) is 28.6 Å². The average molecular weight is 355 g/mol. The number of anilines is 1. The third-order valence-corrected chi connectivity index (χ3v) is 3.85. The van der Waals surface area contributed by atoms with Crippen molar-refractivity contribution >= 4 is 39.1 Å². The van der Waals surface area contributed by atoms with Gasteiger partial charge in [-0.1, -0.05) is 23.7 Å². The number of carbonyl (C=O) groups excluding carboxylic acids is 1. The Morgan fingerprint density at radius 2 is 2.05 bits per heavy atom. The van der Waals surface area contributed by atoms with Crippen LogP contribution in [0, 0.1) is 0 Å². The molecule has 3 nitrogen and oxygen atoms in total. The summed E-state index contributed by atoms with van der Waals surface area (Å²) in [5, 5.41) is 3.32. The summed E-state index contributed by atoms with van der Waals surface area (Å²) in [6.07, 6.45) is 0. The quantitative estimate of drug-likeness (QED) is 0.860. The minimum atomic E-state index is -0.230. The first kappa shape index (κ1) is 14.9. The highest BCUT2D eigenvalue weighted by atomic mass is 79.9. The molecule has 0 bridgehead atoms. The molecule has 2 aromatic carbocycles. The lowest BCUT2D eigenvalue weighted by Gasteiger charge is -2.11. The highest BCUT2D eigenvalue weighted by Gasteiger charge is 2.10. The largest absolute Gasteiger partial charge is 0.492 e. The molecule has 0 unspecified atom stereocenters. The minimum Gasteiger partial charge on any atom is -0.492 e. The van der Waals surface area contributed by atoms with Crippen LogP contribution in [0.4, 0.5) is 5.69 Å². The fraction of sp³-hybridized carbons (Fsp3) is 0.133. The molecule has 0 saturated carbocycles. The number of benzene rings is 2. The summed E-state index contributed by atoms with van der Waals surface area (Å²) in [6.45, 7) is 2.43. The molecule has 0 heterocycles. The van der Waals surface area contributed by atoms with E-state index in [2.05, 4.69) is 21.2 Å². The molecule has 5 heteroatoms. The maximum atomic E-state index is 12.2. The molecule has 2 aromatic rings. The summed E-state index contributed by atoms with van der Waals surface area (Å²) in [6, 6.07) is 12.4. The van der Waals surface area contributed by atoms with Gasteiger partial charge in [-0.15, -0.1) is 0 Å². The first-order chi connectivity index (χ1) is 9.61. The standard InChI is InChI=1S/C15H13BrClNO2/c1-2-20-14-6-4-3-5-13(14)18-15(19)10-7-8-11(16)12(17)9-10/h3-9H,2H2,1H3,(H,18,19). The Hall–Kier alpha value is -1.52. The van der Waals surface area contributed by atoms with Crippen molar-refractivity contribution in [1.29, 1.82) is 0 Å². The van der Waals surface area contributed by atoms with Crippen molar-refractivity contribution in [1.82, 2.24) is 0 Å². The summed E-state index contributed by atoms with van der Waals surface area (Å²) in [4.78, 5) is 12.2. The van der Waals surface area contributed by atoms with Crippen molar-refractivity contribution < 1.29 is 9.53 Å². The molecule has 104 valence electrons. The van der Waals surface area contributed by atoms with Crippen LogP contribution in [0.3, 0.4) is 0 Å². The van der Waals surface area contributed by atoms with E-state index in [0.717, 1.165) is 4.47 Å². The highest BCUT2D eigenvalue weighted by molar-refractivity contribution is 9.10. The first-order valence-corrected chi connectivity index (χ1v) is 7.27. The van der Waals surface area contributed by atoms with E-state index < -0.39 is 0 Å². The van der Waals surface area contributed by atoms with Crippen LogP contribution in [0.5, 0.6) is 5.75 Å². The Morgan fingerprint density at radius 1 is 1.30 bits per heavy atom. The van der Waals surface area contributed by atoms with Gasteiger partial charge in [0, 0.05) is 10.0 Å². The molecule has 1 amide bonds. The third kappa shape index (κ3) is 3.52. The summed E-state index contributed by atoms with van der Waals surface area (Å²) in [5.74, 6) is 0.415. The van der Waals surface area contributed by atoms with Gasteiger partial charge in [-0.25, -0.2) is 0 Å². The number of hydrogen-bond donors (Lipinski definition) is 1. The maximum absolute atomic E-state index is 12.2. The fourth-order valence-electron chi connectivity index (χ4n) is 1.68. The van der Waals surface area contributed by atoms with Gasteiger partial charge in [0.05, 0.1) is 17.3 Å². The first-order valence-electron chi connectivity index (χ1n) is 6.10. The Bertz CT molecular complexity index is 631. The topological polar surface area (TPSA) is 38.3 Å². The smallest absolute Gasteiger partial charge is 0.255 e. The van der Waals surface area contributed by atoms with Gasteiger partial charge in [-0.2, -0.15) is 0 Å². The van der Waals surface area contributed by atoms with E-state index in [9.17, 15) is 4.79 Å². The van der Waals surface area contributed by atoms with Crippen LogP contribution >= 0.6 is 27.5 Å². The fourth-order valence-corrected chi connectivity index (χ4v) is 2.11. The molecule has 0 aliphatic carbocycles. The van der Waals surface area contributed by atoms with E-state index >= 15 is 0 Å². The molecule has 1 N–H and O–H groups in total. The normalized spacial score (nSPS) is 10.2. The molecular weight excluding hydrogens is 342 g/mol. The lowest BCUT2D eigenvalue weighted by atomic mass is 10.2. The third-order valence-electron chi connectivity index (χ3n) is 2.62. The molecular formula is C15H13BrClNO2. The van der Waals surface area contributed by atoms with Crippen molar-refractivity contribution in [2.45, 2.75) is 6.92 Å². The number of hydrogen-bond acceptors (Lipinski definition) is 2. The van der Waals surface area contributed by atoms with Crippen LogP contribution in [0.1, 0.15) is 17.3 Å². The van der Waals surface area contributed by atoms with Gasteiger partial charge < -0.3 is 10.1 Å². The van der Waals surface area contributed by atoms with E-state index in [1.807, 2.05) is 25.1 Å². The number of halogens is 2. The molecule has 0 aromatic heterocycles. The predicted molar refractivity (Wildman–Crippen MR) is 84.7 cm³/mol. The average Bonchev–Trinajstić information content (AvgIpc) is 2.44. The molecule has 0 radical (unpaired) electrons. The van der Waals surface area contributed by atoms with E-state index in [1.54, 1.807) is 24.3 Å².